The summed E-state index contributed by atoms with van der Waals surface area (Å²) in [7, 11) is 4.59. The summed E-state index contributed by atoms with van der Waals surface area (Å²) in [6, 6.07) is 4.66. The minimum atomic E-state index is -2.94. The summed E-state index contributed by atoms with van der Waals surface area (Å²) in [6.45, 7) is -1.40. The van der Waals surface area contributed by atoms with Gasteiger partial charge in [-0.3, -0.25) is 4.79 Å². The highest BCUT2D eigenvalue weighted by Crippen LogP contribution is 2.29. The number of hydrogen-bond donors (Lipinski definition) is 1. The third-order valence-corrected chi connectivity index (χ3v) is 3.05. The fourth-order valence-corrected chi connectivity index (χ4v) is 1.87. The van der Waals surface area contributed by atoms with E-state index in [0.717, 1.165) is 0 Å². The van der Waals surface area contributed by atoms with Crippen LogP contribution in [0.25, 0.3) is 0 Å². The van der Waals surface area contributed by atoms with Crippen LogP contribution < -0.4 is 14.8 Å². The lowest BCUT2D eigenvalue weighted by molar-refractivity contribution is -0.129. The molecule has 1 rings (SSSR count). The van der Waals surface area contributed by atoms with Crippen LogP contribution in [-0.2, 0) is 16.1 Å². The topological polar surface area (TPSA) is 60.0 Å². The molecule has 1 amide bonds. The van der Waals surface area contributed by atoms with E-state index in [1.165, 1.54) is 24.1 Å². The number of alkyl halides is 2. The zero-order valence-electron chi connectivity index (χ0n) is 13.9. The zero-order valence-corrected chi connectivity index (χ0v) is 14.7. The Morgan fingerprint density at radius 3 is 2.58 bits per heavy atom. The summed E-state index contributed by atoms with van der Waals surface area (Å²) in [5.41, 5.74) is 0.661. The SMILES string of the molecule is COCCNCC(=O)N(C)Cc1ccc(OC)c(OC(F)F)c1.Cl. The third kappa shape index (κ3) is 7.76. The summed E-state index contributed by atoms with van der Waals surface area (Å²) >= 11 is 0. The molecule has 0 fully saturated rings. The smallest absolute Gasteiger partial charge is 0.387 e. The number of amides is 1. The molecular formula is C15H23ClF2N2O4. The van der Waals surface area contributed by atoms with E-state index in [0.29, 0.717) is 18.7 Å². The highest BCUT2D eigenvalue weighted by atomic mass is 35.5. The summed E-state index contributed by atoms with van der Waals surface area (Å²) < 4.78 is 39.1. The molecule has 0 heterocycles. The predicted molar refractivity (Wildman–Crippen MR) is 88.1 cm³/mol. The average Bonchev–Trinajstić information content (AvgIpc) is 2.51. The molecule has 24 heavy (non-hydrogen) atoms. The van der Waals surface area contributed by atoms with Crippen LogP contribution in [0.5, 0.6) is 11.5 Å². The number of carbonyl (C=O) groups is 1. The number of ether oxygens (including phenoxy) is 3. The third-order valence-electron chi connectivity index (χ3n) is 3.05. The van der Waals surface area contributed by atoms with Gasteiger partial charge in [-0.25, -0.2) is 0 Å². The number of likely N-dealkylation sites (N-methyl/N-ethyl adjacent to an activating group) is 1. The zero-order chi connectivity index (χ0) is 17.2. The van der Waals surface area contributed by atoms with E-state index in [2.05, 4.69) is 10.1 Å². The monoisotopic (exact) mass is 368 g/mol. The normalized spacial score (nSPS) is 10.2. The minimum absolute atomic E-state index is 0. The maximum absolute atomic E-state index is 12.4. The fraction of sp³-hybridized carbons (Fsp3) is 0.533. The van der Waals surface area contributed by atoms with Crippen molar-refractivity contribution < 1.29 is 27.8 Å². The van der Waals surface area contributed by atoms with Crippen LogP contribution in [0.15, 0.2) is 18.2 Å². The van der Waals surface area contributed by atoms with Gasteiger partial charge in [-0.2, -0.15) is 8.78 Å². The molecule has 1 aromatic rings. The maximum Gasteiger partial charge on any atom is 0.387 e. The van der Waals surface area contributed by atoms with Gasteiger partial charge in [-0.1, -0.05) is 6.07 Å². The molecule has 0 aliphatic carbocycles. The van der Waals surface area contributed by atoms with Crippen LogP contribution in [0, 0.1) is 0 Å². The highest BCUT2D eigenvalue weighted by Gasteiger charge is 2.14. The molecule has 1 aromatic carbocycles. The summed E-state index contributed by atoms with van der Waals surface area (Å²) in [4.78, 5) is 13.4. The molecule has 0 aliphatic heterocycles. The number of halogens is 3. The number of rotatable bonds is 10. The minimum Gasteiger partial charge on any atom is -0.493 e. The van der Waals surface area contributed by atoms with Crippen molar-refractivity contribution in [3.8, 4) is 11.5 Å². The molecule has 0 bridgehead atoms. The first kappa shape index (κ1) is 22.4. The Kier molecular flexibility index (Phi) is 11.0. The molecule has 0 saturated heterocycles. The molecule has 1 N–H and O–H groups in total. The molecule has 0 aromatic heterocycles. The Labute approximate surface area is 146 Å². The highest BCUT2D eigenvalue weighted by molar-refractivity contribution is 5.85. The molecule has 0 radical (unpaired) electrons. The van der Waals surface area contributed by atoms with Crippen LogP contribution in [0.3, 0.4) is 0 Å². The molecule has 0 unspecified atom stereocenters. The maximum atomic E-state index is 12.4. The van der Waals surface area contributed by atoms with Crippen molar-refractivity contribution in [2.75, 3.05) is 41.0 Å². The van der Waals surface area contributed by atoms with E-state index in [1.807, 2.05) is 0 Å². The van der Waals surface area contributed by atoms with Crippen molar-refractivity contribution in [2.24, 2.45) is 0 Å². The van der Waals surface area contributed by atoms with E-state index in [9.17, 15) is 13.6 Å². The standard InChI is InChI=1S/C15H22F2N2O4.ClH/c1-19(14(20)9-18-6-7-21-2)10-11-4-5-12(22-3)13(8-11)23-15(16)17;/h4-5,8,15,18H,6-7,9-10H2,1-3H3;1H. The quantitative estimate of drug-likeness (QED) is 0.639. The molecular weight excluding hydrogens is 346 g/mol. The molecule has 0 atom stereocenters. The van der Waals surface area contributed by atoms with Gasteiger partial charge in [0.25, 0.3) is 0 Å². The molecule has 138 valence electrons. The van der Waals surface area contributed by atoms with Gasteiger partial charge in [0, 0.05) is 27.2 Å². The van der Waals surface area contributed by atoms with Crippen molar-refractivity contribution in [1.29, 1.82) is 0 Å². The van der Waals surface area contributed by atoms with Gasteiger partial charge in [-0.05, 0) is 17.7 Å². The lowest BCUT2D eigenvalue weighted by atomic mass is 10.2. The largest absolute Gasteiger partial charge is 0.493 e. The summed E-state index contributed by atoms with van der Waals surface area (Å²) in [5.74, 6) is 0.0385. The first-order chi connectivity index (χ1) is 11.0. The number of benzene rings is 1. The number of nitrogens with zero attached hydrogens (tertiary/aromatic N) is 1. The predicted octanol–water partition coefficient (Wildman–Crippen LogP) is 1.91. The van der Waals surface area contributed by atoms with E-state index in [-0.39, 0.29) is 42.9 Å². The van der Waals surface area contributed by atoms with Gasteiger partial charge < -0.3 is 24.4 Å². The van der Waals surface area contributed by atoms with Crippen molar-refractivity contribution in [1.82, 2.24) is 10.2 Å². The Balaban J connectivity index is 0.00000529. The van der Waals surface area contributed by atoms with E-state index >= 15 is 0 Å². The summed E-state index contributed by atoms with van der Waals surface area (Å²) in [6.07, 6.45) is 0. The second-order valence-electron chi connectivity index (χ2n) is 4.78. The number of methoxy groups -OCH3 is 2. The molecule has 9 heteroatoms. The first-order valence-corrected chi connectivity index (χ1v) is 7.03. The summed E-state index contributed by atoms with van der Waals surface area (Å²) in [5, 5.41) is 2.95. The van der Waals surface area contributed by atoms with Crippen LogP contribution in [-0.4, -0.2) is 58.4 Å². The molecule has 6 nitrogen and oxygen atoms in total. The lowest BCUT2D eigenvalue weighted by Crippen LogP contribution is -2.36. The van der Waals surface area contributed by atoms with Crippen LogP contribution in [0.4, 0.5) is 8.78 Å². The van der Waals surface area contributed by atoms with Crippen LogP contribution >= 0.6 is 12.4 Å². The number of carbonyl (C=O) groups excluding carboxylic acids is 1. The second kappa shape index (κ2) is 11.8. The van der Waals surface area contributed by atoms with E-state index in [4.69, 9.17) is 9.47 Å². The van der Waals surface area contributed by atoms with E-state index in [1.54, 1.807) is 20.2 Å². The Morgan fingerprint density at radius 2 is 2.00 bits per heavy atom. The van der Waals surface area contributed by atoms with Gasteiger partial charge >= 0.3 is 6.61 Å². The number of hydrogen-bond acceptors (Lipinski definition) is 5. The molecule has 0 spiro atoms. The van der Waals surface area contributed by atoms with Gasteiger partial charge in [0.15, 0.2) is 11.5 Å². The van der Waals surface area contributed by atoms with Gasteiger partial charge in [0.1, 0.15) is 0 Å². The van der Waals surface area contributed by atoms with Crippen molar-refractivity contribution >= 4 is 18.3 Å². The second-order valence-corrected chi connectivity index (χ2v) is 4.78. The van der Waals surface area contributed by atoms with Crippen LogP contribution in [0.1, 0.15) is 5.56 Å². The van der Waals surface area contributed by atoms with Gasteiger partial charge in [-0.15, -0.1) is 12.4 Å². The van der Waals surface area contributed by atoms with Gasteiger partial charge in [0.05, 0.1) is 20.3 Å². The molecule has 0 aliphatic rings. The van der Waals surface area contributed by atoms with E-state index < -0.39 is 6.61 Å². The Bertz CT molecular complexity index is 506. The van der Waals surface area contributed by atoms with Crippen molar-refractivity contribution in [2.45, 2.75) is 13.2 Å². The molecule has 0 saturated carbocycles. The van der Waals surface area contributed by atoms with Crippen molar-refractivity contribution in [3.05, 3.63) is 23.8 Å². The fourth-order valence-electron chi connectivity index (χ4n) is 1.87. The number of nitrogens with one attached hydrogen (secondary N) is 1. The average molecular weight is 369 g/mol. The van der Waals surface area contributed by atoms with Crippen molar-refractivity contribution in [3.63, 3.8) is 0 Å². The lowest BCUT2D eigenvalue weighted by Gasteiger charge is -2.19. The Hall–Kier alpha value is -1.64. The van der Waals surface area contributed by atoms with Crippen LogP contribution in [0.2, 0.25) is 0 Å². The van der Waals surface area contributed by atoms with Gasteiger partial charge in [0.2, 0.25) is 5.91 Å². The first-order valence-electron chi connectivity index (χ1n) is 7.03. The Morgan fingerprint density at radius 1 is 1.29 bits per heavy atom.